The van der Waals surface area contributed by atoms with Crippen LogP contribution in [0.25, 0.3) is 0 Å². The van der Waals surface area contributed by atoms with Gasteiger partial charge in [-0.25, -0.2) is 0 Å². The monoisotopic (exact) mass is 220 g/mol. The Morgan fingerprint density at radius 3 is 2.87 bits per heavy atom. The third kappa shape index (κ3) is 2.10. The maximum absolute atomic E-state index is 12.2. The van der Waals surface area contributed by atoms with E-state index >= 15 is 0 Å². The Bertz CT molecular complexity index is 378. The Labute approximate surface area is 95.3 Å². The van der Waals surface area contributed by atoms with E-state index in [2.05, 4.69) is 13.0 Å². The number of rotatable bonds is 2. The highest BCUT2D eigenvalue weighted by Gasteiger charge is 2.25. The third-order valence-corrected chi connectivity index (χ3v) is 4.47. The van der Waals surface area contributed by atoms with E-state index in [0.717, 1.165) is 23.3 Å². The van der Waals surface area contributed by atoms with Crippen molar-refractivity contribution in [3.05, 3.63) is 34.9 Å². The van der Waals surface area contributed by atoms with Gasteiger partial charge in [0.2, 0.25) is 0 Å². The zero-order chi connectivity index (χ0) is 10.8. The summed E-state index contributed by atoms with van der Waals surface area (Å²) < 4.78 is 0. The van der Waals surface area contributed by atoms with Crippen molar-refractivity contribution in [3.63, 3.8) is 0 Å². The number of hydrogen-bond acceptors (Lipinski definition) is 2. The molecule has 0 aromatic heterocycles. The maximum atomic E-state index is 12.2. The molecule has 80 valence electrons. The molecule has 0 aliphatic carbocycles. The van der Waals surface area contributed by atoms with Gasteiger partial charge in [0.05, 0.1) is 5.25 Å². The molecule has 0 amide bonds. The fourth-order valence-electron chi connectivity index (χ4n) is 1.98. The van der Waals surface area contributed by atoms with E-state index in [-0.39, 0.29) is 5.25 Å². The Morgan fingerprint density at radius 1 is 1.40 bits per heavy atom. The summed E-state index contributed by atoms with van der Waals surface area (Å²) in [5.41, 5.74) is 3.29. The summed E-state index contributed by atoms with van der Waals surface area (Å²) in [5.74, 6) is 1.47. The molecule has 2 heteroatoms. The maximum Gasteiger partial charge on any atom is 0.176 e. The van der Waals surface area contributed by atoms with Crippen LogP contribution in [-0.2, 0) is 0 Å². The molecule has 0 N–H and O–H groups in total. The lowest BCUT2D eigenvalue weighted by Crippen LogP contribution is -2.15. The molecule has 1 saturated heterocycles. The largest absolute Gasteiger partial charge is 0.293 e. The Hall–Kier alpha value is -0.760. The fraction of sp³-hybridized carbons (Fsp3) is 0.462. The van der Waals surface area contributed by atoms with Crippen molar-refractivity contribution < 1.29 is 4.79 Å². The normalized spacial score (nSPS) is 20.5. The van der Waals surface area contributed by atoms with Crippen LogP contribution >= 0.6 is 11.8 Å². The summed E-state index contributed by atoms with van der Waals surface area (Å²) in [4.78, 5) is 12.2. The first-order chi connectivity index (χ1) is 7.20. The number of hydrogen-bond donors (Lipinski definition) is 0. The van der Waals surface area contributed by atoms with E-state index in [1.54, 1.807) is 0 Å². The highest BCUT2D eigenvalue weighted by Crippen LogP contribution is 2.30. The third-order valence-electron chi connectivity index (χ3n) is 3.09. The second-order valence-corrected chi connectivity index (χ2v) is 5.42. The van der Waals surface area contributed by atoms with Crippen LogP contribution in [0.2, 0.25) is 0 Å². The number of carbonyl (C=O) groups excluding carboxylic acids is 1. The quantitative estimate of drug-likeness (QED) is 0.711. The van der Waals surface area contributed by atoms with Crippen LogP contribution in [0.3, 0.4) is 0 Å². The summed E-state index contributed by atoms with van der Waals surface area (Å²) in [7, 11) is 0. The summed E-state index contributed by atoms with van der Waals surface area (Å²) in [6, 6.07) is 6.01. The summed E-state index contributed by atoms with van der Waals surface area (Å²) in [6.07, 6.45) is 2.24. The van der Waals surface area contributed by atoms with Crippen LogP contribution in [-0.4, -0.2) is 16.8 Å². The first-order valence-corrected chi connectivity index (χ1v) is 6.47. The van der Waals surface area contributed by atoms with Gasteiger partial charge in [0.25, 0.3) is 0 Å². The molecule has 0 bridgehead atoms. The number of ketones is 1. The topological polar surface area (TPSA) is 17.1 Å². The van der Waals surface area contributed by atoms with Gasteiger partial charge in [-0.3, -0.25) is 4.79 Å². The molecule has 1 nitrogen and oxygen atoms in total. The number of benzene rings is 1. The standard InChI is InChI=1S/C13H16OS/c1-9-5-3-6-11(10(9)2)13(14)12-7-4-8-15-12/h3,5-6,12H,4,7-8H2,1-2H3. The van der Waals surface area contributed by atoms with E-state index in [0.29, 0.717) is 5.78 Å². The van der Waals surface area contributed by atoms with Crippen LogP contribution in [0.1, 0.15) is 34.3 Å². The second kappa shape index (κ2) is 4.40. The van der Waals surface area contributed by atoms with E-state index in [1.165, 1.54) is 12.0 Å². The molecule has 1 unspecified atom stereocenters. The van der Waals surface area contributed by atoms with Gasteiger partial charge >= 0.3 is 0 Å². The summed E-state index contributed by atoms with van der Waals surface area (Å²) >= 11 is 1.81. The van der Waals surface area contributed by atoms with E-state index in [9.17, 15) is 4.79 Å². The molecule has 0 saturated carbocycles. The van der Waals surface area contributed by atoms with Gasteiger partial charge in [0, 0.05) is 5.56 Å². The van der Waals surface area contributed by atoms with E-state index in [4.69, 9.17) is 0 Å². The van der Waals surface area contributed by atoms with Gasteiger partial charge in [-0.15, -0.1) is 0 Å². The molecular formula is C13H16OS. The zero-order valence-corrected chi connectivity index (χ0v) is 10.1. The predicted octanol–water partition coefficient (Wildman–Crippen LogP) is 3.38. The average molecular weight is 220 g/mol. The van der Waals surface area contributed by atoms with Gasteiger partial charge < -0.3 is 0 Å². The number of Topliss-reactive ketones (excluding diaryl/α,β-unsaturated/α-hetero) is 1. The van der Waals surface area contributed by atoms with Crippen LogP contribution in [0.4, 0.5) is 0 Å². The first-order valence-electron chi connectivity index (χ1n) is 5.42. The van der Waals surface area contributed by atoms with Crippen LogP contribution in [0.5, 0.6) is 0 Å². The van der Waals surface area contributed by atoms with E-state index < -0.39 is 0 Å². The molecule has 2 rings (SSSR count). The number of carbonyl (C=O) groups is 1. The molecule has 1 aliphatic rings. The molecule has 15 heavy (non-hydrogen) atoms. The second-order valence-electron chi connectivity index (χ2n) is 4.11. The van der Waals surface area contributed by atoms with Crippen LogP contribution in [0, 0.1) is 13.8 Å². The van der Waals surface area contributed by atoms with Crippen molar-refractivity contribution in [3.8, 4) is 0 Å². The Balaban J connectivity index is 2.28. The summed E-state index contributed by atoms with van der Waals surface area (Å²) in [5, 5.41) is 0.213. The Kier molecular flexibility index (Phi) is 3.15. The van der Waals surface area contributed by atoms with Gasteiger partial charge in [-0.1, -0.05) is 18.2 Å². The van der Waals surface area contributed by atoms with Crippen molar-refractivity contribution in [1.29, 1.82) is 0 Å². The highest BCUT2D eigenvalue weighted by atomic mass is 32.2. The molecule has 1 aliphatic heterocycles. The average Bonchev–Trinajstić information content (AvgIpc) is 2.74. The lowest BCUT2D eigenvalue weighted by molar-refractivity contribution is 0.0988. The van der Waals surface area contributed by atoms with Crippen molar-refractivity contribution in [2.24, 2.45) is 0 Å². The van der Waals surface area contributed by atoms with Gasteiger partial charge in [0.1, 0.15) is 0 Å². The minimum atomic E-state index is 0.213. The Morgan fingerprint density at radius 2 is 2.20 bits per heavy atom. The molecule has 0 spiro atoms. The molecule has 1 atom stereocenters. The molecular weight excluding hydrogens is 204 g/mol. The molecule has 1 aromatic rings. The number of aryl methyl sites for hydroxylation is 1. The smallest absolute Gasteiger partial charge is 0.176 e. The first kappa shape index (κ1) is 10.7. The van der Waals surface area contributed by atoms with Crippen molar-refractivity contribution in [2.75, 3.05) is 5.75 Å². The molecule has 1 heterocycles. The zero-order valence-electron chi connectivity index (χ0n) is 9.25. The number of thioether (sulfide) groups is 1. The highest BCUT2D eigenvalue weighted by molar-refractivity contribution is 8.00. The SMILES string of the molecule is Cc1cccc(C(=O)C2CCCS2)c1C. The minimum Gasteiger partial charge on any atom is -0.293 e. The fourth-order valence-corrected chi connectivity index (χ4v) is 3.21. The lowest BCUT2D eigenvalue weighted by Gasteiger charge is -2.11. The molecule has 1 fully saturated rings. The van der Waals surface area contributed by atoms with Crippen molar-refractivity contribution in [2.45, 2.75) is 31.9 Å². The van der Waals surface area contributed by atoms with Crippen molar-refractivity contribution in [1.82, 2.24) is 0 Å². The predicted molar refractivity (Wildman–Crippen MR) is 65.7 cm³/mol. The van der Waals surface area contributed by atoms with Gasteiger partial charge in [-0.2, -0.15) is 11.8 Å². The van der Waals surface area contributed by atoms with Gasteiger partial charge in [-0.05, 0) is 43.6 Å². The summed E-state index contributed by atoms with van der Waals surface area (Å²) in [6.45, 7) is 4.11. The van der Waals surface area contributed by atoms with Crippen LogP contribution in [0.15, 0.2) is 18.2 Å². The van der Waals surface area contributed by atoms with E-state index in [1.807, 2.05) is 30.8 Å². The van der Waals surface area contributed by atoms with Crippen molar-refractivity contribution >= 4 is 17.5 Å². The minimum absolute atomic E-state index is 0.213. The van der Waals surface area contributed by atoms with Gasteiger partial charge in [0.15, 0.2) is 5.78 Å². The van der Waals surface area contributed by atoms with Crippen LogP contribution < -0.4 is 0 Å². The lowest BCUT2D eigenvalue weighted by atomic mass is 9.97. The molecule has 0 radical (unpaired) electrons. The molecule has 1 aromatic carbocycles.